The highest BCUT2D eigenvalue weighted by Crippen LogP contribution is 2.39. The molecular weight excluding hydrogens is 280 g/mol. The van der Waals surface area contributed by atoms with Gasteiger partial charge in [0.1, 0.15) is 11.3 Å². The third kappa shape index (κ3) is 1.97. The van der Waals surface area contributed by atoms with Gasteiger partial charge < -0.3 is 9.52 Å². The van der Waals surface area contributed by atoms with E-state index in [4.69, 9.17) is 4.42 Å². The van der Waals surface area contributed by atoms with Crippen molar-refractivity contribution in [3.8, 4) is 0 Å². The van der Waals surface area contributed by atoms with Crippen molar-refractivity contribution in [2.45, 2.75) is 12.5 Å². The normalized spacial score (nSPS) is 14.6. The zero-order valence-electron chi connectivity index (χ0n) is 11.5. The molecule has 4 rings (SSSR count). The summed E-state index contributed by atoms with van der Waals surface area (Å²) >= 11 is 1.60. The van der Waals surface area contributed by atoms with E-state index >= 15 is 0 Å². The van der Waals surface area contributed by atoms with Gasteiger partial charge in [-0.3, -0.25) is 0 Å². The second kappa shape index (κ2) is 4.45. The second-order valence-electron chi connectivity index (χ2n) is 5.37. The van der Waals surface area contributed by atoms with Gasteiger partial charge in [0.05, 0.1) is 0 Å². The lowest BCUT2D eigenvalue weighted by molar-refractivity contribution is 0.0825. The zero-order valence-corrected chi connectivity index (χ0v) is 12.4. The van der Waals surface area contributed by atoms with Crippen molar-refractivity contribution in [3.63, 3.8) is 0 Å². The molecule has 0 fully saturated rings. The van der Waals surface area contributed by atoms with Crippen LogP contribution >= 0.6 is 11.3 Å². The second-order valence-corrected chi connectivity index (χ2v) is 6.45. The van der Waals surface area contributed by atoms with E-state index in [1.807, 2.05) is 48.5 Å². The van der Waals surface area contributed by atoms with Gasteiger partial charge in [-0.15, -0.1) is 11.3 Å². The quantitative estimate of drug-likeness (QED) is 0.570. The summed E-state index contributed by atoms with van der Waals surface area (Å²) in [6, 6.07) is 19.9. The lowest BCUT2D eigenvalue weighted by Gasteiger charge is -2.18. The van der Waals surface area contributed by atoms with Crippen LogP contribution in [0.1, 0.15) is 17.6 Å². The van der Waals surface area contributed by atoms with Crippen LogP contribution in [0.3, 0.4) is 0 Å². The number of furan rings is 1. The van der Waals surface area contributed by atoms with Crippen molar-refractivity contribution in [2.75, 3.05) is 0 Å². The third-order valence-corrected chi connectivity index (χ3v) is 5.14. The molecule has 0 amide bonds. The lowest BCUT2D eigenvalue weighted by atomic mass is 10.0. The van der Waals surface area contributed by atoms with E-state index in [-0.39, 0.29) is 0 Å². The first-order chi connectivity index (χ1) is 10.1. The monoisotopic (exact) mass is 294 g/mol. The number of benzene rings is 2. The van der Waals surface area contributed by atoms with Crippen LogP contribution in [0.5, 0.6) is 0 Å². The van der Waals surface area contributed by atoms with Crippen LogP contribution < -0.4 is 0 Å². The maximum absolute atomic E-state index is 11.0. The molecule has 3 heteroatoms. The maximum atomic E-state index is 11.0. The van der Waals surface area contributed by atoms with Crippen molar-refractivity contribution in [1.29, 1.82) is 0 Å². The fraction of sp³-hybridized carbons (Fsp3) is 0.111. The Morgan fingerprint density at radius 1 is 0.952 bits per heavy atom. The predicted octanol–water partition coefficient (Wildman–Crippen LogP) is 4.90. The molecule has 1 N–H and O–H groups in total. The first-order valence-corrected chi connectivity index (χ1v) is 7.67. The van der Waals surface area contributed by atoms with Gasteiger partial charge in [-0.25, -0.2) is 0 Å². The van der Waals surface area contributed by atoms with Crippen LogP contribution in [0, 0.1) is 0 Å². The molecule has 4 aromatic rings. The topological polar surface area (TPSA) is 33.4 Å². The highest BCUT2D eigenvalue weighted by molar-refractivity contribution is 7.19. The highest BCUT2D eigenvalue weighted by atomic mass is 32.1. The van der Waals surface area contributed by atoms with Crippen molar-refractivity contribution in [1.82, 2.24) is 0 Å². The number of aliphatic hydroxyl groups is 1. The smallest absolute Gasteiger partial charge is 0.153 e. The van der Waals surface area contributed by atoms with Gasteiger partial charge in [-0.05, 0) is 36.6 Å². The molecule has 0 bridgehead atoms. The molecule has 0 saturated carbocycles. The lowest BCUT2D eigenvalue weighted by Crippen LogP contribution is -2.20. The summed E-state index contributed by atoms with van der Waals surface area (Å²) in [4.78, 5) is 0.891. The molecule has 0 aliphatic carbocycles. The fourth-order valence-electron chi connectivity index (χ4n) is 2.56. The Morgan fingerprint density at radius 3 is 2.43 bits per heavy atom. The van der Waals surface area contributed by atoms with E-state index in [0.717, 1.165) is 21.2 Å². The Morgan fingerprint density at radius 2 is 1.67 bits per heavy atom. The van der Waals surface area contributed by atoms with Crippen LogP contribution in [0.4, 0.5) is 0 Å². The van der Waals surface area contributed by atoms with Gasteiger partial charge in [0.2, 0.25) is 0 Å². The van der Waals surface area contributed by atoms with Crippen molar-refractivity contribution in [3.05, 3.63) is 71.3 Å². The van der Waals surface area contributed by atoms with Gasteiger partial charge in [-0.2, -0.15) is 0 Å². The average Bonchev–Trinajstić information content (AvgIpc) is 3.11. The predicted molar refractivity (Wildman–Crippen MR) is 86.7 cm³/mol. The van der Waals surface area contributed by atoms with E-state index in [9.17, 15) is 5.11 Å². The number of hydrogen-bond acceptors (Lipinski definition) is 3. The molecule has 0 aliphatic rings. The Bertz CT molecular complexity index is 788. The van der Waals surface area contributed by atoms with Crippen LogP contribution in [0.15, 0.2) is 65.1 Å². The minimum absolute atomic E-state index is 0.579. The first-order valence-electron chi connectivity index (χ1n) is 6.85. The summed E-state index contributed by atoms with van der Waals surface area (Å²) in [5, 5.41) is 13.1. The van der Waals surface area contributed by atoms with E-state index < -0.39 is 5.60 Å². The highest BCUT2D eigenvalue weighted by Gasteiger charge is 2.31. The van der Waals surface area contributed by atoms with Crippen molar-refractivity contribution in [2.24, 2.45) is 0 Å². The van der Waals surface area contributed by atoms with Gasteiger partial charge in [0, 0.05) is 15.0 Å². The van der Waals surface area contributed by atoms with Crippen LogP contribution in [0.2, 0.25) is 0 Å². The fourth-order valence-corrected chi connectivity index (χ4v) is 3.68. The molecule has 1 atom stereocenters. The van der Waals surface area contributed by atoms with E-state index in [1.165, 1.54) is 4.70 Å². The first kappa shape index (κ1) is 12.6. The van der Waals surface area contributed by atoms with E-state index in [1.54, 1.807) is 18.3 Å². The molecule has 0 radical (unpaired) electrons. The molecule has 0 aliphatic heterocycles. The molecule has 2 heterocycles. The van der Waals surface area contributed by atoms with Crippen LogP contribution in [-0.4, -0.2) is 5.11 Å². The standard InChI is InChI=1S/C18H14O2S/c1-18(19,16-10-12-6-2-4-8-14(12)20-16)17-11-13-7-3-5-9-15(13)21-17/h2-11,19H,1H3. The summed E-state index contributed by atoms with van der Waals surface area (Å²) in [7, 11) is 0. The summed E-state index contributed by atoms with van der Waals surface area (Å²) in [6.07, 6.45) is 0. The summed E-state index contributed by atoms with van der Waals surface area (Å²) < 4.78 is 7.01. The SMILES string of the molecule is CC(O)(c1cc2ccccc2o1)c1cc2ccccc2s1. The molecule has 104 valence electrons. The van der Waals surface area contributed by atoms with Gasteiger partial charge in [0.25, 0.3) is 0 Å². The summed E-state index contributed by atoms with van der Waals surface area (Å²) in [5.74, 6) is 0.579. The van der Waals surface area contributed by atoms with Gasteiger partial charge in [0.15, 0.2) is 5.60 Å². The van der Waals surface area contributed by atoms with E-state index in [2.05, 4.69) is 12.1 Å². The Hall–Kier alpha value is -2.10. The molecule has 0 saturated heterocycles. The Kier molecular flexibility index (Phi) is 2.67. The molecular formula is C18H14O2S. The number of para-hydroxylation sites is 1. The Labute approximate surface area is 126 Å². The van der Waals surface area contributed by atoms with Crippen molar-refractivity contribution >= 4 is 32.4 Å². The molecule has 21 heavy (non-hydrogen) atoms. The third-order valence-electron chi connectivity index (χ3n) is 3.81. The van der Waals surface area contributed by atoms with Crippen LogP contribution in [0.25, 0.3) is 21.1 Å². The van der Waals surface area contributed by atoms with Gasteiger partial charge in [-0.1, -0.05) is 36.4 Å². The largest absolute Gasteiger partial charge is 0.458 e. The van der Waals surface area contributed by atoms with Crippen molar-refractivity contribution < 1.29 is 9.52 Å². The molecule has 0 spiro atoms. The van der Waals surface area contributed by atoms with Crippen LogP contribution in [-0.2, 0) is 5.60 Å². The Balaban J connectivity index is 1.87. The molecule has 2 aromatic heterocycles. The number of rotatable bonds is 2. The summed E-state index contributed by atoms with van der Waals surface area (Å²) in [5.41, 5.74) is -0.322. The zero-order chi connectivity index (χ0) is 14.4. The molecule has 2 aromatic carbocycles. The number of hydrogen-bond donors (Lipinski definition) is 1. The molecule has 1 unspecified atom stereocenters. The minimum atomic E-state index is -1.12. The van der Waals surface area contributed by atoms with E-state index in [0.29, 0.717) is 5.76 Å². The van der Waals surface area contributed by atoms with Gasteiger partial charge >= 0.3 is 0 Å². The number of fused-ring (bicyclic) bond motifs is 2. The average molecular weight is 294 g/mol. The summed E-state index contributed by atoms with van der Waals surface area (Å²) in [6.45, 7) is 1.79. The number of thiophene rings is 1. The maximum Gasteiger partial charge on any atom is 0.153 e. The molecule has 2 nitrogen and oxygen atoms in total. The minimum Gasteiger partial charge on any atom is -0.458 e.